The second-order valence-corrected chi connectivity index (χ2v) is 26.8. The molecule has 0 aromatic carbocycles. The second-order valence-electron chi connectivity index (χ2n) is 26.8. The molecule has 0 radical (unpaired) electrons. The first kappa shape index (κ1) is 83.2. The van der Waals surface area contributed by atoms with E-state index in [1.807, 2.05) is 6.08 Å². The molecule has 1 aliphatic rings. The summed E-state index contributed by atoms with van der Waals surface area (Å²) < 4.78 is 11.3. The van der Waals surface area contributed by atoms with E-state index in [1.54, 1.807) is 6.08 Å². The Kier molecular flexibility index (Phi) is 64.1. The number of unbranched alkanes of at least 4 members (excludes halogenated alkanes) is 52. The molecule has 1 fully saturated rings. The summed E-state index contributed by atoms with van der Waals surface area (Å²) in [6, 6.07) is -0.824. The number of aliphatic hydroxyl groups is 5. The molecule has 1 aliphatic heterocycles. The van der Waals surface area contributed by atoms with Gasteiger partial charge in [-0.05, 0) is 64.2 Å². The Morgan fingerprint density at radius 1 is 0.391 bits per heavy atom. The SMILES string of the molecule is CCCCCCC/C=C\C/C=C\CCCCCCCCCCCCCCCCCCCCCC(=O)NC(COC1OC(CO)C(O)C(O)C1O)C(O)/C=C/CC/C=C/CCCCCCCCCCCCCCCCCCCCCCCCCCCCC. The molecule has 7 atom stereocenters. The molecule has 6 N–H and O–H groups in total. The van der Waals surface area contributed by atoms with E-state index in [1.165, 1.54) is 321 Å². The van der Waals surface area contributed by atoms with Crippen molar-refractivity contribution in [1.82, 2.24) is 5.32 Å². The molecule has 0 aromatic heterocycles. The summed E-state index contributed by atoms with van der Waals surface area (Å²) in [6.07, 6.45) is 85.4. The lowest BCUT2D eigenvalue weighted by molar-refractivity contribution is -0.302. The van der Waals surface area contributed by atoms with Crippen LogP contribution >= 0.6 is 0 Å². The van der Waals surface area contributed by atoms with Gasteiger partial charge in [0.1, 0.15) is 24.4 Å². The van der Waals surface area contributed by atoms with Crippen molar-refractivity contribution in [3.63, 3.8) is 0 Å². The van der Waals surface area contributed by atoms with Crippen LogP contribution < -0.4 is 5.32 Å². The Balaban J connectivity index is 2.10. The molecule has 9 heteroatoms. The highest BCUT2D eigenvalue weighted by Crippen LogP contribution is 2.24. The third kappa shape index (κ3) is 55.5. The Bertz CT molecular complexity index is 1520. The lowest BCUT2D eigenvalue weighted by Gasteiger charge is -2.40. The summed E-state index contributed by atoms with van der Waals surface area (Å²) >= 11 is 0. The number of ether oxygens (including phenoxy) is 2. The number of allylic oxidation sites excluding steroid dienone is 7. The molecule has 7 unspecified atom stereocenters. The van der Waals surface area contributed by atoms with Crippen molar-refractivity contribution in [2.24, 2.45) is 0 Å². The zero-order valence-corrected chi connectivity index (χ0v) is 57.5. The first-order valence-electron chi connectivity index (χ1n) is 38.4. The summed E-state index contributed by atoms with van der Waals surface area (Å²) in [6.45, 7) is 3.81. The minimum atomic E-state index is -1.57. The average molecular weight is 1230 g/mol. The highest BCUT2D eigenvalue weighted by molar-refractivity contribution is 5.76. The average Bonchev–Trinajstić information content (AvgIpc) is 3.47. The van der Waals surface area contributed by atoms with Crippen LogP contribution in [0.25, 0.3) is 0 Å². The maximum atomic E-state index is 13.2. The van der Waals surface area contributed by atoms with Crippen LogP contribution in [0.1, 0.15) is 386 Å². The molecule has 1 saturated heterocycles. The van der Waals surface area contributed by atoms with Crippen LogP contribution in [0, 0.1) is 0 Å². The smallest absolute Gasteiger partial charge is 0.220 e. The van der Waals surface area contributed by atoms with Crippen molar-refractivity contribution in [3.8, 4) is 0 Å². The van der Waals surface area contributed by atoms with Crippen LogP contribution in [-0.4, -0.2) is 87.5 Å². The summed E-state index contributed by atoms with van der Waals surface area (Å²) in [5.74, 6) is -0.180. The maximum Gasteiger partial charge on any atom is 0.220 e. The Labute approximate surface area is 539 Å². The third-order valence-corrected chi connectivity index (χ3v) is 18.4. The molecule has 0 saturated carbocycles. The number of hydrogen-bond donors (Lipinski definition) is 6. The van der Waals surface area contributed by atoms with Gasteiger partial charge in [0.15, 0.2) is 6.29 Å². The third-order valence-electron chi connectivity index (χ3n) is 18.4. The number of rotatable bonds is 68. The van der Waals surface area contributed by atoms with Gasteiger partial charge in [-0.15, -0.1) is 0 Å². The molecular formula is C78H147NO8. The van der Waals surface area contributed by atoms with Crippen LogP contribution in [0.3, 0.4) is 0 Å². The molecule has 512 valence electrons. The van der Waals surface area contributed by atoms with Crippen LogP contribution in [-0.2, 0) is 14.3 Å². The number of aliphatic hydroxyl groups excluding tert-OH is 5. The molecule has 9 nitrogen and oxygen atoms in total. The summed E-state index contributed by atoms with van der Waals surface area (Å²) in [5.41, 5.74) is 0. The van der Waals surface area contributed by atoms with Gasteiger partial charge in [-0.2, -0.15) is 0 Å². The maximum absolute atomic E-state index is 13.2. The van der Waals surface area contributed by atoms with E-state index in [-0.39, 0.29) is 12.5 Å². The normalized spacial score (nSPS) is 18.2. The Hall–Kier alpha value is -1.85. The van der Waals surface area contributed by atoms with Crippen molar-refractivity contribution in [3.05, 3.63) is 48.6 Å². The largest absolute Gasteiger partial charge is 0.394 e. The predicted molar refractivity (Wildman–Crippen MR) is 373 cm³/mol. The van der Waals surface area contributed by atoms with E-state index in [0.717, 1.165) is 44.9 Å². The molecule has 1 amide bonds. The van der Waals surface area contributed by atoms with Gasteiger partial charge in [0.05, 0.1) is 25.4 Å². The van der Waals surface area contributed by atoms with Crippen LogP contribution in [0.2, 0.25) is 0 Å². The highest BCUT2D eigenvalue weighted by atomic mass is 16.7. The van der Waals surface area contributed by atoms with Crippen molar-refractivity contribution < 1.29 is 39.8 Å². The number of carbonyl (C=O) groups excluding carboxylic acids is 1. The summed E-state index contributed by atoms with van der Waals surface area (Å²) in [7, 11) is 0. The monoisotopic (exact) mass is 1230 g/mol. The van der Waals surface area contributed by atoms with Crippen LogP contribution in [0.4, 0.5) is 0 Å². The number of hydrogen-bond acceptors (Lipinski definition) is 8. The number of nitrogens with one attached hydrogen (secondary N) is 1. The van der Waals surface area contributed by atoms with Gasteiger partial charge >= 0.3 is 0 Å². The minimum absolute atomic E-state index is 0.180. The van der Waals surface area contributed by atoms with E-state index in [0.29, 0.717) is 6.42 Å². The van der Waals surface area contributed by atoms with Gasteiger partial charge in [-0.3, -0.25) is 4.79 Å². The van der Waals surface area contributed by atoms with Crippen molar-refractivity contribution >= 4 is 5.91 Å². The van der Waals surface area contributed by atoms with Crippen LogP contribution in [0.15, 0.2) is 48.6 Å². The van der Waals surface area contributed by atoms with Gasteiger partial charge in [-0.1, -0.05) is 364 Å². The van der Waals surface area contributed by atoms with Crippen molar-refractivity contribution in [1.29, 1.82) is 0 Å². The lowest BCUT2D eigenvalue weighted by Crippen LogP contribution is -2.60. The fourth-order valence-electron chi connectivity index (χ4n) is 12.4. The lowest BCUT2D eigenvalue weighted by atomic mass is 9.99. The molecule has 0 bridgehead atoms. The van der Waals surface area contributed by atoms with E-state index in [9.17, 15) is 30.3 Å². The van der Waals surface area contributed by atoms with Crippen molar-refractivity contribution in [2.45, 2.75) is 429 Å². The minimum Gasteiger partial charge on any atom is -0.394 e. The molecule has 1 rings (SSSR count). The van der Waals surface area contributed by atoms with Gasteiger partial charge in [-0.25, -0.2) is 0 Å². The molecule has 0 aromatic rings. The molecule has 87 heavy (non-hydrogen) atoms. The van der Waals surface area contributed by atoms with Gasteiger partial charge in [0.25, 0.3) is 0 Å². The standard InChI is InChI=1S/C78H147NO8/c1-3-5-7-9-11-13-15-17-19-21-23-25-27-29-31-33-35-36-38-39-41-43-45-47-49-51-53-55-57-59-61-63-65-67-72(81)71(70-86-78-77(85)76(84)75(83)73(69-80)87-78)79-74(82)68-66-64-62-60-58-56-54-52-50-48-46-44-42-40-37-34-32-30-28-26-24-22-20-18-16-14-12-10-8-6-4-2/h16,18,22,24,57,59,65,67,71-73,75-78,80-81,83-85H,3-15,17,19-21,23,25-56,58,60-64,66,68-70H2,1-2H3,(H,79,82)/b18-16-,24-22-,59-57+,67-65+. The molecule has 1 heterocycles. The first-order valence-corrected chi connectivity index (χ1v) is 38.4. The summed E-state index contributed by atoms with van der Waals surface area (Å²) in [5, 5.41) is 54.8. The molecular weight excluding hydrogens is 1080 g/mol. The Morgan fingerprint density at radius 3 is 1.03 bits per heavy atom. The highest BCUT2D eigenvalue weighted by Gasteiger charge is 2.44. The number of amides is 1. The predicted octanol–water partition coefficient (Wildman–Crippen LogP) is 21.5. The topological polar surface area (TPSA) is 149 Å². The summed E-state index contributed by atoms with van der Waals surface area (Å²) in [4.78, 5) is 13.2. The second kappa shape index (κ2) is 67.1. The zero-order valence-electron chi connectivity index (χ0n) is 57.5. The van der Waals surface area contributed by atoms with Gasteiger partial charge < -0.3 is 40.3 Å². The molecule has 0 spiro atoms. The van der Waals surface area contributed by atoms with E-state index < -0.39 is 49.5 Å². The van der Waals surface area contributed by atoms with Crippen molar-refractivity contribution in [2.75, 3.05) is 13.2 Å². The Morgan fingerprint density at radius 2 is 0.690 bits per heavy atom. The van der Waals surface area contributed by atoms with Gasteiger partial charge in [0, 0.05) is 6.42 Å². The van der Waals surface area contributed by atoms with Gasteiger partial charge in [0.2, 0.25) is 5.91 Å². The first-order chi connectivity index (χ1) is 42.8. The quantitative estimate of drug-likeness (QED) is 0.0261. The fourth-order valence-corrected chi connectivity index (χ4v) is 12.4. The zero-order chi connectivity index (χ0) is 62.8. The fraction of sp³-hybridized carbons (Fsp3) is 0.885. The van der Waals surface area contributed by atoms with Crippen LogP contribution in [0.5, 0.6) is 0 Å². The van der Waals surface area contributed by atoms with E-state index in [4.69, 9.17) is 9.47 Å². The molecule has 0 aliphatic carbocycles. The number of carbonyl (C=O) groups is 1. The van der Waals surface area contributed by atoms with E-state index >= 15 is 0 Å². The van der Waals surface area contributed by atoms with E-state index in [2.05, 4.69) is 55.6 Å².